The fraction of sp³-hybridized carbons (Fsp3) is 0.312. The van der Waals surface area contributed by atoms with Crippen molar-refractivity contribution in [3.05, 3.63) is 42.5 Å². The summed E-state index contributed by atoms with van der Waals surface area (Å²) in [5.74, 6) is -1.10. The third-order valence-corrected chi connectivity index (χ3v) is 4.20. The molecule has 0 aliphatic carbocycles. The van der Waals surface area contributed by atoms with Gasteiger partial charge in [0.25, 0.3) is 5.91 Å². The molecule has 114 valence electrons. The van der Waals surface area contributed by atoms with Crippen molar-refractivity contribution in [1.82, 2.24) is 4.90 Å². The number of amides is 2. The van der Waals surface area contributed by atoms with Crippen LogP contribution in [0.3, 0.4) is 0 Å². The largest absolute Gasteiger partial charge is 0.466 e. The van der Waals surface area contributed by atoms with Crippen LogP contribution in [0.15, 0.2) is 36.9 Å². The maximum atomic E-state index is 12.8. The second-order valence-electron chi connectivity index (χ2n) is 5.26. The van der Waals surface area contributed by atoms with E-state index in [0.29, 0.717) is 11.3 Å². The summed E-state index contributed by atoms with van der Waals surface area (Å²) < 4.78 is 4.92. The average molecular weight is 300 g/mol. The molecular formula is C16H16N2O4. The number of benzene rings is 1. The van der Waals surface area contributed by atoms with Crippen LogP contribution in [0, 0.1) is 0 Å². The molecule has 0 saturated carbocycles. The molecule has 22 heavy (non-hydrogen) atoms. The van der Waals surface area contributed by atoms with Crippen molar-refractivity contribution in [3.63, 3.8) is 0 Å². The molecule has 0 N–H and O–H groups in total. The molecular weight excluding hydrogens is 284 g/mol. The summed E-state index contributed by atoms with van der Waals surface area (Å²) in [6.07, 6.45) is 1.94. The normalized spacial score (nSPS) is 23.1. The average Bonchev–Trinajstić information content (AvgIpc) is 2.89. The highest BCUT2D eigenvalue weighted by atomic mass is 16.5. The molecule has 1 fully saturated rings. The summed E-state index contributed by atoms with van der Waals surface area (Å²) in [7, 11) is 1.26. The number of ether oxygens (including phenoxy) is 1. The van der Waals surface area contributed by atoms with Crippen molar-refractivity contribution in [2.45, 2.75) is 18.5 Å². The van der Waals surface area contributed by atoms with Crippen LogP contribution in [0.2, 0.25) is 0 Å². The van der Waals surface area contributed by atoms with Crippen LogP contribution >= 0.6 is 0 Å². The quantitative estimate of drug-likeness (QED) is 0.624. The molecule has 0 unspecified atom stereocenters. The molecule has 2 amide bonds. The van der Waals surface area contributed by atoms with Gasteiger partial charge in [-0.15, -0.1) is 6.58 Å². The number of esters is 1. The van der Waals surface area contributed by atoms with Gasteiger partial charge in [0.15, 0.2) is 0 Å². The fourth-order valence-corrected chi connectivity index (χ4v) is 3.29. The third-order valence-electron chi connectivity index (χ3n) is 4.20. The Labute approximate surface area is 127 Å². The zero-order valence-corrected chi connectivity index (χ0v) is 12.2. The molecule has 1 atom stereocenters. The van der Waals surface area contributed by atoms with E-state index in [9.17, 15) is 14.4 Å². The van der Waals surface area contributed by atoms with Crippen molar-refractivity contribution in [2.75, 3.05) is 18.6 Å². The van der Waals surface area contributed by atoms with Crippen LogP contribution in [0.1, 0.15) is 23.2 Å². The lowest BCUT2D eigenvalue weighted by Gasteiger charge is -2.47. The van der Waals surface area contributed by atoms with Crippen LogP contribution < -0.4 is 4.90 Å². The molecule has 1 aromatic rings. The number of nitrogens with zero attached hydrogens (tertiary/aromatic N) is 2. The highest BCUT2D eigenvalue weighted by molar-refractivity contribution is 6.15. The predicted molar refractivity (Wildman–Crippen MR) is 79.1 cm³/mol. The summed E-state index contributed by atoms with van der Waals surface area (Å²) >= 11 is 0. The van der Waals surface area contributed by atoms with Gasteiger partial charge in [0, 0.05) is 19.4 Å². The second-order valence-corrected chi connectivity index (χ2v) is 5.26. The first kappa shape index (κ1) is 14.3. The van der Waals surface area contributed by atoms with Crippen molar-refractivity contribution in [2.24, 2.45) is 0 Å². The van der Waals surface area contributed by atoms with Crippen molar-refractivity contribution >= 4 is 23.5 Å². The first-order valence-electron chi connectivity index (χ1n) is 7.01. The van der Waals surface area contributed by atoms with Gasteiger partial charge in [-0.05, 0) is 12.1 Å². The van der Waals surface area contributed by atoms with Crippen LogP contribution in [0.4, 0.5) is 5.69 Å². The standard InChI is InChI=1S/C16H16N2O4/c1-3-10-17-14(20)11-6-4-5-7-12(11)18-13(19)8-9-16(17,18)15(21)22-2/h3-7H,1,8-10H2,2H3/t16-/m0/s1. The van der Waals surface area contributed by atoms with Crippen molar-refractivity contribution in [1.29, 1.82) is 0 Å². The first-order valence-corrected chi connectivity index (χ1v) is 7.01. The van der Waals surface area contributed by atoms with E-state index in [4.69, 9.17) is 4.74 Å². The number of methoxy groups -OCH3 is 1. The lowest BCUT2D eigenvalue weighted by molar-refractivity contribution is -0.153. The van der Waals surface area contributed by atoms with Gasteiger partial charge in [0.05, 0.1) is 18.4 Å². The van der Waals surface area contributed by atoms with Crippen LogP contribution in [0.25, 0.3) is 0 Å². The van der Waals surface area contributed by atoms with E-state index in [2.05, 4.69) is 6.58 Å². The molecule has 6 heteroatoms. The fourth-order valence-electron chi connectivity index (χ4n) is 3.29. The summed E-state index contributed by atoms with van der Waals surface area (Å²) in [5.41, 5.74) is -0.550. The van der Waals surface area contributed by atoms with E-state index < -0.39 is 11.6 Å². The van der Waals surface area contributed by atoms with Crippen LogP contribution in [-0.4, -0.2) is 42.0 Å². The smallest absolute Gasteiger partial charge is 0.353 e. The number of anilines is 1. The first-order chi connectivity index (χ1) is 10.6. The molecule has 3 rings (SSSR count). The van der Waals surface area contributed by atoms with Gasteiger partial charge < -0.3 is 9.64 Å². The molecule has 1 aromatic carbocycles. The van der Waals surface area contributed by atoms with E-state index in [0.717, 1.165) is 0 Å². The Hall–Kier alpha value is -2.63. The number of carbonyl (C=O) groups excluding carboxylic acids is 3. The molecule has 2 heterocycles. The number of rotatable bonds is 3. The summed E-state index contributed by atoms with van der Waals surface area (Å²) in [6, 6.07) is 6.80. The number of fused-ring (bicyclic) bond motifs is 3. The SMILES string of the molecule is C=CCN1C(=O)c2ccccc2N2C(=O)CC[C@]12C(=O)OC. The van der Waals surface area contributed by atoms with E-state index >= 15 is 0 Å². The van der Waals surface area contributed by atoms with Crippen molar-refractivity contribution in [3.8, 4) is 0 Å². The van der Waals surface area contributed by atoms with Gasteiger partial charge >= 0.3 is 5.97 Å². The lowest BCUT2D eigenvalue weighted by Crippen LogP contribution is -2.68. The number of hydrogen-bond acceptors (Lipinski definition) is 4. The number of hydrogen-bond donors (Lipinski definition) is 0. The number of para-hydroxylation sites is 1. The lowest BCUT2D eigenvalue weighted by atomic mass is 9.96. The maximum Gasteiger partial charge on any atom is 0.353 e. The molecule has 0 radical (unpaired) electrons. The zero-order valence-electron chi connectivity index (χ0n) is 12.2. The minimum atomic E-state index is -1.41. The molecule has 2 aliphatic rings. The summed E-state index contributed by atoms with van der Waals surface area (Å²) in [5, 5.41) is 0. The van der Waals surface area contributed by atoms with Crippen LogP contribution in [0.5, 0.6) is 0 Å². The summed E-state index contributed by atoms with van der Waals surface area (Å²) in [6.45, 7) is 3.80. The van der Waals surface area contributed by atoms with Gasteiger partial charge in [-0.2, -0.15) is 0 Å². The molecule has 0 bridgehead atoms. The van der Waals surface area contributed by atoms with E-state index in [1.54, 1.807) is 24.3 Å². The summed E-state index contributed by atoms with van der Waals surface area (Å²) in [4.78, 5) is 40.5. The van der Waals surface area contributed by atoms with Gasteiger partial charge in [-0.1, -0.05) is 18.2 Å². The van der Waals surface area contributed by atoms with Crippen LogP contribution in [-0.2, 0) is 14.3 Å². The highest BCUT2D eigenvalue weighted by Crippen LogP contribution is 2.44. The molecule has 0 aromatic heterocycles. The second kappa shape index (κ2) is 4.98. The molecule has 2 aliphatic heterocycles. The monoisotopic (exact) mass is 300 g/mol. The van der Waals surface area contributed by atoms with Gasteiger partial charge in [-0.3, -0.25) is 14.5 Å². The third kappa shape index (κ3) is 1.63. The topological polar surface area (TPSA) is 66.9 Å². The van der Waals surface area contributed by atoms with Crippen molar-refractivity contribution < 1.29 is 19.1 Å². The van der Waals surface area contributed by atoms with Gasteiger partial charge in [-0.25, -0.2) is 4.79 Å². The Morgan fingerprint density at radius 2 is 2.14 bits per heavy atom. The Balaban J connectivity index is 2.28. The Bertz CT molecular complexity index is 684. The minimum absolute atomic E-state index is 0.159. The van der Waals surface area contributed by atoms with E-state index in [1.165, 1.54) is 23.0 Å². The molecule has 0 spiro atoms. The van der Waals surface area contributed by atoms with E-state index in [-0.39, 0.29) is 31.2 Å². The molecule has 6 nitrogen and oxygen atoms in total. The minimum Gasteiger partial charge on any atom is -0.466 e. The maximum absolute atomic E-state index is 12.8. The number of carbonyl (C=O) groups is 3. The Kier molecular flexibility index (Phi) is 3.24. The van der Waals surface area contributed by atoms with Gasteiger partial charge in [0.1, 0.15) is 0 Å². The predicted octanol–water partition coefficient (Wildman–Crippen LogP) is 1.32. The highest BCUT2D eigenvalue weighted by Gasteiger charge is 2.61. The Morgan fingerprint density at radius 3 is 2.82 bits per heavy atom. The van der Waals surface area contributed by atoms with E-state index in [1.807, 2.05) is 0 Å². The molecule has 1 saturated heterocycles. The Morgan fingerprint density at radius 1 is 1.41 bits per heavy atom. The van der Waals surface area contributed by atoms with Gasteiger partial charge in [0.2, 0.25) is 11.6 Å². The zero-order chi connectivity index (χ0) is 15.9.